The molecule has 4 heteroatoms. The molecule has 1 heterocycles. The lowest BCUT2D eigenvalue weighted by Crippen LogP contribution is -2.30. The predicted molar refractivity (Wildman–Crippen MR) is 73.2 cm³/mol. The fourth-order valence-corrected chi connectivity index (χ4v) is 2.02. The van der Waals surface area contributed by atoms with E-state index in [4.69, 9.17) is 4.42 Å². The second kappa shape index (κ2) is 6.50. The molecule has 0 amide bonds. The van der Waals surface area contributed by atoms with Gasteiger partial charge in [-0.3, -0.25) is 4.90 Å². The van der Waals surface area contributed by atoms with Crippen molar-refractivity contribution in [2.75, 3.05) is 20.6 Å². The summed E-state index contributed by atoms with van der Waals surface area (Å²) in [4.78, 5) is 2.09. The average Bonchev–Trinajstić information content (AvgIpc) is 2.88. The van der Waals surface area contributed by atoms with Crippen LogP contribution in [0.4, 0.5) is 4.39 Å². The minimum Gasteiger partial charge on any atom is -0.468 e. The van der Waals surface area contributed by atoms with Crippen LogP contribution in [-0.4, -0.2) is 25.5 Å². The quantitative estimate of drug-likeness (QED) is 0.867. The molecule has 0 radical (unpaired) electrons. The first-order valence-electron chi connectivity index (χ1n) is 6.32. The summed E-state index contributed by atoms with van der Waals surface area (Å²) in [5.41, 5.74) is 0.942. The van der Waals surface area contributed by atoms with E-state index in [9.17, 15) is 4.39 Å². The van der Waals surface area contributed by atoms with Crippen LogP contribution in [0.15, 0.2) is 47.1 Å². The lowest BCUT2D eigenvalue weighted by molar-refractivity contribution is 0.250. The summed E-state index contributed by atoms with van der Waals surface area (Å²) in [6, 6.07) is 10.7. The highest BCUT2D eigenvalue weighted by Crippen LogP contribution is 2.17. The van der Waals surface area contributed by atoms with Gasteiger partial charge in [0.1, 0.15) is 11.6 Å². The van der Waals surface area contributed by atoms with Gasteiger partial charge in [0.15, 0.2) is 0 Å². The summed E-state index contributed by atoms with van der Waals surface area (Å²) in [6.07, 6.45) is 1.68. The van der Waals surface area contributed by atoms with E-state index < -0.39 is 0 Å². The van der Waals surface area contributed by atoms with Crippen LogP contribution in [0.3, 0.4) is 0 Å². The molecular weight excluding hydrogens is 243 g/mol. The molecule has 0 fully saturated rings. The Kier molecular flexibility index (Phi) is 4.71. The van der Waals surface area contributed by atoms with E-state index in [1.165, 1.54) is 6.07 Å². The van der Waals surface area contributed by atoms with Crippen LogP contribution in [-0.2, 0) is 6.54 Å². The monoisotopic (exact) mass is 262 g/mol. The van der Waals surface area contributed by atoms with E-state index in [1.807, 2.05) is 32.3 Å². The van der Waals surface area contributed by atoms with E-state index in [0.29, 0.717) is 6.54 Å². The summed E-state index contributed by atoms with van der Waals surface area (Å²) >= 11 is 0. The van der Waals surface area contributed by atoms with Gasteiger partial charge in [-0.05, 0) is 43.9 Å². The molecule has 2 rings (SSSR count). The van der Waals surface area contributed by atoms with Crippen LogP contribution < -0.4 is 5.32 Å². The number of rotatable bonds is 6. The zero-order chi connectivity index (χ0) is 13.7. The lowest BCUT2D eigenvalue weighted by Gasteiger charge is -2.22. The second-order valence-electron chi connectivity index (χ2n) is 4.76. The van der Waals surface area contributed by atoms with Crippen molar-refractivity contribution < 1.29 is 8.81 Å². The van der Waals surface area contributed by atoms with Gasteiger partial charge in [-0.2, -0.15) is 0 Å². The molecule has 0 aliphatic heterocycles. The third-order valence-electron chi connectivity index (χ3n) is 3.05. The van der Waals surface area contributed by atoms with Crippen LogP contribution in [0.2, 0.25) is 0 Å². The smallest absolute Gasteiger partial charge is 0.123 e. The first-order chi connectivity index (χ1) is 9.16. The summed E-state index contributed by atoms with van der Waals surface area (Å²) in [7, 11) is 4.02. The molecule has 1 aromatic carbocycles. The first kappa shape index (κ1) is 13.8. The highest BCUT2D eigenvalue weighted by atomic mass is 19.1. The third kappa shape index (κ3) is 3.91. The molecule has 0 saturated carbocycles. The molecule has 0 saturated heterocycles. The lowest BCUT2D eigenvalue weighted by atomic mass is 10.2. The normalized spacial score (nSPS) is 12.8. The molecule has 1 atom stereocenters. The number of benzene rings is 1. The number of likely N-dealkylation sites (N-methyl/N-ethyl adjacent to an activating group) is 1. The third-order valence-corrected chi connectivity index (χ3v) is 3.05. The van der Waals surface area contributed by atoms with Gasteiger partial charge in [0.05, 0.1) is 12.3 Å². The van der Waals surface area contributed by atoms with Gasteiger partial charge in [0.2, 0.25) is 0 Å². The SMILES string of the molecule is CN(C)C(CNCc1cccc(F)c1)c1ccco1. The van der Waals surface area contributed by atoms with Gasteiger partial charge in [0.25, 0.3) is 0 Å². The average molecular weight is 262 g/mol. The number of nitrogens with one attached hydrogen (secondary N) is 1. The zero-order valence-corrected chi connectivity index (χ0v) is 11.3. The molecule has 0 bridgehead atoms. The second-order valence-corrected chi connectivity index (χ2v) is 4.76. The van der Waals surface area contributed by atoms with Crippen LogP contribution in [0.5, 0.6) is 0 Å². The highest BCUT2D eigenvalue weighted by Gasteiger charge is 2.16. The van der Waals surface area contributed by atoms with Crippen molar-refractivity contribution in [1.29, 1.82) is 0 Å². The van der Waals surface area contributed by atoms with Gasteiger partial charge in [-0.1, -0.05) is 12.1 Å². The summed E-state index contributed by atoms with van der Waals surface area (Å²) in [5.74, 6) is 0.728. The van der Waals surface area contributed by atoms with E-state index in [1.54, 1.807) is 18.4 Å². The van der Waals surface area contributed by atoms with Gasteiger partial charge in [0, 0.05) is 13.1 Å². The van der Waals surface area contributed by atoms with E-state index in [0.717, 1.165) is 17.9 Å². The molecule has 1 N–H and O–H groups in total. The fraction of sp³-hybridized carbons (Fsp3) is 0.333. The largest absolute Gasteiger partial charge is 0.468 e. The summed E-state index contributed by atoms with van der Waals surface area (Å²) in [5, 5.41) is 3.33. The van der Waals surface area contributed by atoms with Gasteiger partial charge < -0.3 is 9.73 Å². The van der Waals surface area contributed by atoms with E-state index >= 15 is 0 Å². The highest BCUT2D eigenvalue weighted by molar-refractivity contribution is 5.16. The molecule has 1 aromatic heterocycles. The fourth-order valence-electron chi connectivity index (χ4n) is 2.02. The van der Waals surface area contributed by atoms with E-state index in [-0.39, 0.29) is 11.9 Å². The van der Waals surface area contributed by atoms with Gasteiger partial charge in [-0.15, -0.1) is 0 Å². The van der Waals surface area contributed by atoms with Crippen molar-refractivity contribution in [3.63, 3.8) is 0 Å². The molecular formula is C15H19FN2O. The van der Waals surface area contributed by atoms with Crippen molar-refractivity contribution >= 4 is 0 Å². The minimum atomic E-state index is -0.200. The number of hydrogen-bond acceptors (Lipinski definition) is 3. The van der Waals surface area contributed by atoms with Gasteiger partial charge in [-0.25, -0.2) is 4.39 Å². The van der Waals surface area contributed by atoms with Crippen molar-refractivity contribution in [2.45, 2.75) is 12.6 Å². The molecule has 2 aromatic rings. The molecule has 0 spiro atoms. The van der Waals surface area contributed by atoms with Crippen LogP contribution in [0, 0.1) is 5.82 Å². The maximum absolute atomic E-state index is 13.1. The predicted octanol–water partition coefficient (Wildman–Crippen LogP) is 2.81. The van der Waals surface area contributed by atoms with Crippen molar-refractivity contribution in [1.82, 2.24) is 10.2 Å². The maximum Gasteiger partial charge on any atom is 0.123 e. The maximum atomic E-state index is 13.1. The Labute approximate surface area is 113 Å². The first-order valence-corrected chi connectivity index (χ1v) is 6.32. The van der Waals surface area contributed by atoms with Crippen molar-refractivity contribution in [3.05, 3.63) is 59.8 Å². The Morgan fingerprint density at radius 2 is 2.11 bits per heavy atom. The van der Waals surface area contributed by atoms with Crippen molar-refractivity contribution in [3.8, 4) is 0 Å². The Hall–Kier alpha value is -1.65. The van der Waals surface area contributed by atoms with Crippen LogP contribution >= 0.6 is 0 Å². The number of nitrogens with zero attached hydrogens (tertiary/aromatic N) is 1. The van der Waals surface area contributed by atoms with Gasteiger partial charge >= 0.3 is 0 Å². The Morgan fingerprint density at radius 3 is 2.74 bits per heavy atom. The molecule has 3 nitrogen and oxygen atoms in total. The molecule has 0 aliphatic carbocycles. The van der Waals surface area contributed by atoms with Crippen LogP contribution in [0.25, 0.3) is 0 Å². The molecule has 102 valence electrons. The molecule has 1 unspecified atom stereocenters. The minimum absolute atomic E-state index is 0.170. The molecule has 19 heavy (non-hydrogen) atoms. The Bertz CT molecular complexity index is 497. The Morgan fingerprint density at radius 1 is 1.26 bits per heavy atom. The molecule has 0 aliphatic rings. The standard InChI is InChI=1S/C15H19FN2O/c1-18(2)14(15-7-4-8-19-15)11-17-10-12-5-3-6-13(16)9-12/h3-9,14,17H,10-11H2,1-2H3. The summed E-state index contributed by atoms with van der Waals surface area (Å²) in [6.45, 7) is 1.39. The van der Waals surface area contributed by atoms with Crippen molar-refractivity contribution in [2.24, 2.45) is 0 Å². The number of halogens is 1. The van der Waals surface area contributed by atoms with Crippen LogP contribution in [0.1, 0.15) is 17.4 Å². The van der Waals surface area contributed by atoms with E-state index in [2.05, 4.69) is 10.2 Å². The number of hydrogen-bond donors (Lipinski definition) is 1. The Balaban J connectivity index is 1.90. The number of furan rings is 1. The topological polar surface area (TPSA) is 28.4 Å². The zero-order valence-electron chi connectivity index (χ0n) is 11.3. The summed E-state index contributed by atoms with van der Waals surface area (Å²) < 4.78 is 18.5.